The molecule has 0 aliphatic carbocycles. The molecule has 0 aliphatic heterocycles. The fourth-order valence-electron chi connectivity index (χ4n) is 1.82. The molecular formula is C13H23NO. The van der Waals surface area contributed by atoms with Crippen LogP contribution in [0, 0.1) is 11.8 Å². The summed E-state index contributed by atoms with van der Waals surface area (Å²) in [6.07, 6.45) is 2.73. The Bertz CT molecular complexity index is 254. The molecule has 15 heavy (non-hydrogen) atoms. The van der Waals surface area contributed by atoms with E-state index in [9.17, 15) is 0 Å². The van der Waals surface area contributed by atoms with Crippen molar-refractivity contribution >= 4 is 0 Å². The van der Waals surface area contributed by atoms with Crippen LogP contribution in [0.4, 0.5) is 0 Å². The van der Waals surface area contributed by atoms with Crippen LogP contribution >= 0.6 is 0 Å². The van der Waals surface area contributed by atoms with E-state index in [-0.39, 0.29) is 0 Å². The van der Waals surface area contributed by atoms with Crippen LogP contribution in [-0.2, 0) is 6.42 Å². The van der Waals surface area contributed by atoms with Gasteiger partial charge in [-0.25, -0.2) is 0 Å². The van der Waals surface area contributed by atoms with Gasteiger partial charge in [0.15, 0.2) is 0 Å². The van der Waals surface area contributed by atoms with Gasteiger partial charge in [0.1, 0.15) is 5.76 Å². The predicted molar refractivity (Wildman–Crippen MR) is 63.9 cm³/mol. The standard InChI is InChI=1S/C13H23NO/c1-5-14-13(11(4)10(2)3)9-12-7-6-8-15-12/h6-8,10-11,13-14H,5,9H2,1-4H3. The number of hydrogen-bond donors (Lipinski definition) is 1. The molecule has 2 heteroatoms. The Morgan fingerprint density at radius 2 is 2.07 bits per heavy atom. The third kappa shape index (κ3) is 3.71. The van der Waals surface area contributed by atoms with Gasteiger partial charge < -0.3 is 9.73 Å². The lowest BCUT2D eigenvalue weighted by Gasteiger charge is -2.27. The molecule has 2 unspecified atom stereocenters. The van der Waals surface area contributed by atoms with Crippen molar-refractivity contribution in [1.82, 2.24) is 5.32 Å². The van der Waals surface area contributed by atoms with Crippen LogP contribution in [0.5, 0.6) is 0 Å². The third-order valence-corrected chi connectivity index (χ3v) is 3.15. The molecule has 0 aromatic carbocycles. The number of nitrogens with one attached hydrogen (secondary N) is 1. The molecule has 0 radical (unpaired) electrons. The Balaban J connectivity index is 2.57. The van der Waals surface area contributed by atoms with Crippen molar-refractivity contribution in [2.75, 3.05) is 6.54 Å². The first-order chi connectivity index (χ1) is 7.15. The molecular weight excluding hydrogens is 186 g/mol. The van der Waals surface area contributed by atoms with Gasteiger partial charge in [0.05, 0.1) is 6.26 Å². The SMILES string of the molecule is CCNC(Cc1ccco1)C(C)C(C)C. The van der Waals surface area contributed by atoms with E-state index in [4.69, 9.17) is 4.42 Å². The maximum absolute atomic E-state index is 5.40. The van der Waals surface area contributed by atoms with Gasteiger partial charge in [0, 0.05) is 12.5 Å². The van der Waals surface area contributed by atoms with Gasteiger partial charge >= 0.3 is 0 Å². The highest BCUT2D eigenvalue weighted by Gasteiger charge is 2.20. The van der Waals surface area contributed by atoms with Gasteiger partial charge in [-0.1, -0.05) is 27.7 Å². The number of hydrogen-bond acceptors (Lipinski definition) is 2. The first-order valence-corrected chi connectivity index (χ1v) is 5.91. The highest BCUT2D eigenvalue weighted by Crippen LogP contribution is 2.18. The van der Waals surface area contributed by atoms with Crippen LogP contribution in [-0.4, -0.2) is 12.6 Å². The minimum Gasteiger partial charge on any atom is -0.469 e. The minimum atomic E-state index is 0.515. The Morgan fingerprint density at radius 3 is 2.53 bits per heavy atom. The monoisotopic (exact) mass is 209 g/mol. The molecule has 1 N–H and O–H groups in total. The fraction of sp³-hybridized carbons (Fsp3) is 0.692. The van der Waals surface area contributed by atoms with Crippen LogP contribution in [0.15, 0.2) is 22.8 Å². The second kappa shape index (κ2) is 5.96. The summed E-state index contributed by atoms with van der Waals surface area (Å²) in [5.74, 6) is 2.44. The Hall–Kier alpha value is -0.760. The average molecular weight is 209 g/mol. The van der Waals surface area contributed by atoms with E-state index in [0.717, 1.165) is 18.7 Å². The van der Waals surface area contributed by atoms with Gasteiger partial charge in [-0.2, -0.15) is 0 Å². The normalized spacial score (nSPS) is 15.5. The highest BCUT2D eigenvalue weighted by molar-refractivity contribution is 5.01. The molecule has 2 nitrogen and oxygen atoms in total. The lowest BCUT2D eigenvalue weighted by Crippen LogP contribution is -2.38. The maximum atomic E-state index is 5.40. The summed E-state index contributed by atoms with van der Waals surface area (Å²) in [6, 6.07) is 4.52. The second-order valence-electron chi connectivity index (χ2n) is 4.55. The second-order valence-corrected chi connectivity index (χ2v) is 4.55. The molecule has 0 saturated heterocycles. The molecule has 0 spiro atoms. The van der Waals surface area contributed by atoms with E-state index in [0.29, 0.717) is 17.9 Å². The molecule has 0 amide bonds. The van der Waals surface area contributed by atoms with Crippen LogP contribution < -0.4 is 5.32 Å². The lowest BCUT2D eigenvalue weighted by molar-refractivity contribution is 0.288. The van der Waals surface area contributed by atoms with E-state index < -0.39 is 0 Å². The number of likely N-dealkylation sites (N-methyl/N-ethyl adjacent to an activating group) is 1. The zero-order valence-electron chi connectivity index (χ0n) is 10.3. The van der Waals surface area contributed by atoms with Crippen LogP contribution in [0.3, 0.4) is 0 Å². The zero-order chi connectivity index (χ0) is 11.3. The lowest BCUT2D eigenvalue weighted by atomic mass is 9.88. The van der Waals surface area contributed by atoms with Crippen LogP contribution in [0.1, 0.15) is 33.5 Å². The topological polar surface area (TPSA) is 25.2 Å². The van der Waals surface area contributed by atoms with E-state index >= 15 is 0 Å². The molecule has 2 atom stereocenters. The molecule has 86 valence electrons. The molecule has 0 bridgehead atoms. The summed E-state index contributed by atoms with van der Waals surface area (Å²) in [5, 5.41) is 3.54. The van der Waals surface area contributed by atoms with Gasteiger partial charge in [-0.05, 0) is 30.5 Å². The molecule has 1 rings (SSSR count). The van der Waals surface area contributed by atoms with Crippen molar-refractivity contribution in [3.63, 3.8) is 0 Å². The van der Waals surface area contributed by atoms with Gasteiger partial charge in [-0.3, -0.25) is 0 Å². The number of furan rings is 1. The Morgan fingerprint density at radius 1 is 1.33 bits per heavy atom. The van der Waals surface area contributed by atoms with Crippen molar-refractivity contribution in [3.05, 3.63) is 24.2 Å². The quantitative estimate of drug-likeness (QED) is 0.779. The van der Waals surface area contributed by atoms with Crippen LogP contribution in [0.2, 0.25) is 0 Å². The maximum Gasteiger partial charge on any atom is 0.105 e. The van der Waals surface area contributed by atoms with Crippen molar-refractivity contribution in [2.24, 2.45) is 11.8 Å². The smallest absolute Gasteiger partial charge is 0.105 e. The fourth-order valence-corrected chi connectivity index (χ4v) is 1.82. The third-order valence-electron chi connectivity index (χ3n) is 3.15. The van der Waals surface area contributed by atoms with Crippen molar-refractivity contribution in [1.29, 1.82) is 0 Å². The molecule has 1 heterocycles. The summed E-state index contributed by atoms with van der Waals surface area (Å²) < 4.78 is 5.40. The molecule has 0 fully saturated rings. The zero-order valence-corrected chi connectivity index (χ0v) is 10.3. The highest BCUT2D eigenvalue weighted by atomic mass is 16.3. The van der Waals surface area contributed by atoms with E-state index in [1.54, 1.807) is 6.26 Å². The summed E-state index contributed by atoms with van der Waals surface area (Å²) in [7, 11) is 0. The van der Waals surface area contributed by atoms with Crippen molar-refractivity contribution < 1.29 is 4.42 Å². The van der Waals surface area contributed by atoms with Gasteiger partial charge in [0.2, 0.25) is 0 Å². The Kier molecular flexibility index (Phi) is 4.89. The van der Waals surface area contributed by atoms with Gasteiger partial charge in [0.25, 0.3) is 0 Å². The van der Waals surface area contributed by atoms with Gasteiger partial charge in [-0.15, -0.1) is 0 Å². The Labute approximate surface area is 93.1 Å². The molecule has 1 aromatic rings. The summed E-state index contributed by atoms with van der Waals surface area (Å²) in [4.78, 5) is 0. The summed E-state index contributed by atoms with van der Waals surface area (Å²) in [5.41, 5.74) is 0. The molecule has 0 aliphatic rings. The van der Waals surface area contributed by atoms with E-state index in [1.807, 2.05) is 6.07 Å². The molecule has 1 aromatic heterocycles. The first-order valence-electron chi connectivity index (χ1n) is 5.91. The number of rotatable bonds is 6. The largest absolute Gasteiger partial charge is 0.469 e. The average Bonchev–Trinajstić information content (AvgIpc) is 2.68. The van der Waals surface area contributed by atoms with Crippen molar-refractivity contribution in [3.8, 4) is 0 Å². The van der Waals surface area contributed by atoms with E-state index in [2.05, 4.69) is 39.1 Å². The minimum absolute atomic E-state index is 0.515. The van der Waals surface area contributed by atoms with Crippen molar-refractivity contribution in [2.45, 2.75) is 40.2 Å². The first kappa shape index (κ1) is 12.3. The molecule has 0 saturated carbocycles. The summed E-state index contributed by atoms with van der Waals surface area (Å²) in [6.45, 7) is 10.0. The van der Waals surface area contributed by atoms with E-state index in [1.165, 1.54) is 0 Å². The van der Waals surface area contributed by atoms with Crippen LogP contribution in [0.25, 0.3) is 0 Å². The predicted octanol–water partition coefficient (Wildman–Crippen LogP) is 3.09. The summed E-state index contributed by atoms with van der Waals surface area (Å²) >= 11 is 0.